The molecule has 1 fully saturated rings. The van der Waals surface area contributed by atoms with Crippen molar-refractivity contribution in [2.24, 2.45) is 0 Å². The Kier molecular flexibility index (Phi) is 20.8. The monoisotopic (exact) mass is 778 g/mol. The average Bonchev–Trinajstić information content (AvgIpc) is 3.84. The number of benzene rings is 1. The zero-order valence-electron chi connectivity index (χ0n) is 33.1. The van der Waals surface area contributed by atoms with Gasteiger partial charge in [0.2, 0.25) is 0 Å². The molecule has 3 aromatic rings. The summed E-state index contributed by atoms with van der Waals surface area (Å²) >= 11 is 0. The lowest BCUT2D eigenvalue weighted by molar-refractivity contribution is -0.0491. The van der Waals surface area contributed by atoms with Gasteiger partial charge in [-0.25, -0.2) is 9.50 Å². The molecule has 0 bridgehead atoms. The van der Waals surface area contributed by atoms with Crippen LogP contribution in [0.4, 0.5) is 5.82 Å². The van der Waals surface area contributed by atoms with Crippen molar-refractivity contribution >= 4 is 20.4 Å². The van der Waals surface area contributed by atoms with Crippen LogP contribution in [0, 0.1) is 22.7 Å². The highest BCUT2D eigenvalue weighted by Gasteiger charge is 2.42. The normalized spacial score (nSPS) is 17.6. The van der Waals surface area contributed by atoms with Gasteiger partial charge in [0.15, 0.2) is 20.5 Å². The van der Waals surface area contributed by atoms with Crippen LogP contribution in [0.25, 0.3) is 5.52 Å². The molecule has 1 aromatic carbocycles. The van der Waals surface area contributed by atoms with Crippen LogP contribution in [0.5, 0.6) is 5.75 Å². The first-order valence-electron chi connectivity index (χ1n) is 20.4. The number of fused-ring (bicyclic) bond motifs is 1. The largest absolute Gasteiger partial charge is 0.496 e. The number of nitriles is 2. The molecule has 2 N–H and O–H groups in total. The Morgan fingerprint density at radius 2 is 1.62 bits per heavy atom. The fourth-order valence-electron chi connectivity index (χ4n) is 6.97. The van der Waals surface area contributed by atoms with E-state index in [2.05, 4.69) is 29.1 Å². The molecule has 4 unspecified atom stereocenters. The second kappa shape index (κ2) is 25.7. The highest BCUT2D eigenvalue weighted by atomic mass is 31.1. The van der Waals surface area contributed by atoms with Gasteiger partial charge in [-0.3, -0.25) is 0 Å². The molecule has 0 saturated carbocycles. The first kappa shape index (κ1) is 44.4. The molecule has 4 atom stereocenters. The molecular weight excluding hydrogens is 715 g/mol. The van der Waals surface area contributed by atoms with Gasteiger partial charge in [0.05, 0.1) is 50.9 Å². The molecule has 1 aliphatic rings. The summed E-state index contributed by atoms with van der Waals surface area (Å²) in [7, 11) is 1.26. The molecule has 12 nitrogen and oxygen atoms in total. The van der Waals surface area contributed by atoms with Crippen LogP contribution in [-0.4, -0.2) is 59.8 Å². The van der Waals surface area contributed by atoms with E-state index in [9.17, 15) is 10.5 Å². The van der Waals surface area contributed by atoms with E-state index in [-0.39, 0.29) is 41.1 Å². The van der Waals surface area contributed by atoms with Gasteiger partial charge >= 0.3 is 0 Å². The van der Waals surface area contributed by atoms with Gasteiger partial charge in [0, 0.05) is 12.2 Å². The summed E-state index contributed by atoms with van der Waals surface area (Å²) in [6.45, 7) is 3.90. The number of hydrogen-bond donors (Lipinski definition) is 1. The summed E-state index contributed by atoms with van der Waals surface area (Å²) < 4.78 is 37.5. The molecule has 3 heterocycles. The van der Waals surface area contributed by atoms with Gasteiger partial charge in [0.1, 0.15) is 35.9 Å². The Labute approximate surface area is 330 Å². The summed E-state index contributed by atoms with van der Waals surface area (Å²) in [5.74, 6) is 0.982. The Morgan fingerprint density at radius 1 is 0.927 bits per heavy atom. The minimum absolute atomic E-state index is 0.0720. The maximum absolute atomic E-state index is 10.1. The zero-order chi connectivity index (χ0) is 39.0. The van der Waals surface area contributed by atoms with Crippen LogP contribution >= 0.6 is 9.03 Å². The van der Waals surface area contributed by atoms with Gasteiger partial charge in [-0.1, -0.05) is 109 Å². The van der Waals surface area contributed by atoms with Crippen LogP contribution in [0.2, 0.25) is 0 Å². The van der Waals surface area contributed by atoms with Crippen molar-refractivity contribution in [2.45, 2.75) is 147 Å². The number of nitrogens with zero attached hydrogens (tertiary/aromatic N) is 5. The molecule has 0 aliphatic carbocycles. The third kappa shape index (κ3) is 15.3. The number of nitrogens with two attached hydrogens (primary N) is 1. The molecule has 13 heteroatoms. The number of ether oxygens (including phenoxy) is 4. The number of anilines is 1. The van der Waals surface area contributed by atoms with Crippen molar-refractivity contribution < 1.29 is 28.0 Å². The Morgan fingerprint density at radius 3 is 2.27 bits per heavy atom. The predicted molar refractivity (Wildman–Crippen MR) is 216 cm³/mol. The van der Waals surface area contributed by atoms with Crippen LogP contribution < -0.4 is 10.5 Å². The number of hydrogen-bond acceptors (Lipinski definition) is 11. The lowest BCUT2D eigenvalue weighted by Crippen LogP contribution is -2.31. The SMILES string of the molecule is CCCCCCCCCCCCCCCCCCOCC(COPOCC1(C#N)CCC(c2ccc3c(N)ncnn23)O1)OCc1ccc(C#N)cc1OC. The average molecular weight is 779 g/mol. The third-order valence-corrected chi connectivity index (χ3v) is 10.8. The van der Waals surface area contributed by atoms with Crippen LogP contribution in [0.15, 0.2) is 36.7 Å². The van der Waals surface area contributed by atoms with Gasteiger partial charge in [-0.15, -0.1) is 0 Å². The predicted octanol–water partition coefficient (Wildman–Crippen LogP) is 9.71. The van der Waals surface area contributed by atoms with Crippen molar-refractivity contribution in [3.63, 3.8) is 0 Å². The van der Waals surface area contributed by atoms with E-state index in [1.165, 1.54) is 96.2 Å². The highest BCUT2D eigenvalue weighted by molar-refractivity contribution is 7.26. The van der Waals surface area contributed by atoms with E-state index in [4.69, 9.17) is 33.7 Å². The lowest BCUT2D eigenvalue weighted by atomic mass is 10.0. The number of unbranched alkanes of at least 4 members (excludes halogenated alkanes) is 15. The van der Waals surface area contributed by atoms with Crippen LogP contribution in [0.3, 0.4) is 0 Å². The van der Waals surface area contributed by atoms with Crippen LogP contribution in [0.1, 0.15) is 145 Å². The molecule has 55 heavy (non-hydrogen) atoms. The molecule has 302 valence electrons. The maximum Gasteiger partial charge on any atom is 0.178 e. The fraction of sp³-hybridized carbons (Fsp3) is 0.667. The van der Waals surface area contributed by atoms with E-state index < -0.39 is 5.60 Å². The third-order valence-electron chi connectivity index (χ3n) is 10.3. The van der Waals surface area contributed by atoms with Gasteiger partial charge in [-0.05, 0) is 43.5 Å². The molecule has 0 amide bonds. The van der Waals surface area contributed by atoms with Crippen molar-refractivity contribution in [3.05, 3.63) is 53.5 Å². The highest BCUT2D eigenvalue weighted by Crippen LogP contribution is 2.41. The number of aromatic nitrogens is 3. The fourth-order valence-corrected chi connectivity index (χ4v) is 7.60. The van der Waals surface area contributed by atoms with Crippen LogP contribution in [-0.2, 0) is 29.9 Å². The summed E-state index contributed by atoms with van der Waals surface area (Å²) in [4.78, 5) is 4.05. The van der Waals surface area contributed by atoms with Gasteiger partial charge in [0.25, 0.3) is 0 Å². The Balaban J connectivity index is 1.12. The zero-order valence-corrected chi connectivity index (χ0v) is 34.1. The first-order chi connectivity index (χ1) is 27.0. The minimum atomic E-state index is -1.10. The quantitative estimate of drug-likeness (QED) is 0.0507. The topological polar surface area (TPSA) is 159 Å². The molecule has 1 saturated heterocycles. The second-order valence-electron chi connectivity index (χ2n) is 14.6. The molecule has 4 rings (SSSR count). The Bertz CT molecular complexity index is 1610. The minimum Gasteiger partial charge on any atom is -0.496 e. The molecular formula is C42H63N6O6P. The van der Waals surface area contributed by atoms with Gasteiger partial charge in [-0.2, -0.15) is 15.6 Å². The van der Waals surface area contributed by atoms with E-state index in [1.54, 1.807) is 23.8 Å². The number of rotatable bonds is 30. The smallest absolute Gasteiger partial charge is 0.178 e. The van der Waals surface area contributed by atoms with E-state index >= 15 is 0 Å². The summed E-state index contributed by atoms with van der Waals surface area (Å²) in [5.41, 5.74) is 7.77. The summed E-state index contributed by atoms with van der Waals surface area (Å²) in [6.07, 6.45) is 23.2. The standard InChI is InChI=1S/C42H63N6O6P/c1-3-4-5-6-7-8-9-10-11-12-13-14-15-16-17-18-25-50-29-36(51-28-35-20-19-34(27-43)26-40(35)49-2)30-52-55-53-32-42(31-44)24-23-39(54-42)37-21-22-38-41(45)46-33-47-48(37)38/h19-22,26,33,36,39,55H,3-18,23-25,28-30,32H2,1-2H3,(H2,45,46,47). The molecule has 1 aliphatic heterocycles. The maximum atomic E-state index is 10.1. The lowest BCUT2D eigenvalue weighted by Gasteiger charge is -2.22. The van der Waals surface area contributed by atoms with E-state index in [0.29, 0.717) is 48.7 Å². The number of methoxy groups -OCH3 is 1. The van der Waals surface area contributed by atoms with Crippen molar-refractivity contribution in [3.8, 4) is 17.9 Å². The molecule has 0 radical (unpaired) electrons. The second-order valence-corrected chi connectivity index (χ2v) is 15.3. The van der Waals surface area contributed by atoms with E-state index in [1.807, 2.05) is 18.2 Å². The van der Waals surface area contributed by atoms with Gasteiger partial charge < -0.3 is 33.7 Å². The molecule has 0 spiro atoms. The summed E-state index contributed by atoms with van der Waals surface area (Å²) in [5, 5.41) is 23.6. The van der Waals surface area contributed by atoms with E-state index in [0.717, 1.165) is 24.1 Å². The summed E-state index contributed by atoms with van der Waals surface area (Å²) in [6, 6.07) is 13.5. The Hall–Kier alpha value is -3.35. The van der Waals surface area contributed by atoms with Crippen molar-refractivity contribution in [1.29, 1.82) is 10.5 Å². The van der Waals surface area contributed by atoms with Crippen molar-refractivity contribution in [2.75, 3.05) is 39.3 Å². The van der Waals surface area contributed by atoms with Crippen molar-refractivity contribution in [1.82, 2.24) is 14.6 Å². The number of nitrogen functional groups attached to an aromatic ring is 1. The first-order valence-corrected chi connectivity index (χ1v) is 21.3. The molecule has 2 aromatic heterocycles.